The molecule has 0 spiro atoms. The Labute approximate surface area is 223 Å². The number of benzene rings is 3. The van der Waals surface area contributed by atoms with Gasteiger partial charge in [0.05, 0.1) is 34.7 Å². The molecule has 1 aliphatic heterocycles. The highest BCUT2D eigenvalue weighted by Crippen LogP contribution is 2.27. The lowest BCUT2D eigenvalue weighted by molar-refractivity contribution is -0.384. The lowest BCUT2D eigenvalue weighted by Gasteiger charge is -2.26. The van der Waals surface area contributed by atoms with E-state index in [0.29, 0.717) is 59.4 Å². The van der Waals surface area contributed by atoms with Crippen LogP contribution >= 0.6 is 11.8 Å². The molecule has 10 heteroatoms. The summed E-state index contributed by atoms with van der Waals surface area (Å²) in [6, 6.07) is 17.3. The Balaban J connectivity index is 1.60. The number of fused-ring (bicyclic) bond motifs is 1. The number of nitro benzene ring substituents is 1. The van der Waals surface area contributed by atoms with Gasteiger partial charge in [-0.3, -0.25) is 24.3 Å². The zero-order chi connectivity index (χ0) is 26.8. The molecule has 1 fully saturated rings. The summed E-state index contributed by atoms with van der Waals surface area (Å²) in [5, 5.41) is 12.1. The van der Waals surface area contributed by atoms with Crippen LogP contribution in [0.4, 0.5) is 5.69 Å². The van der Waals surface area contributed by atoms with Crippen LogP contribution in [0.5, 0.6) is 0 Å². The van der Waals surface area contributed by atoms with Crippen molar-refractivity contribution in [2.75, 3.05) is 26.3 Å². The molecule has 1 aromatic heterocycles. The molecule has 194 valence electrons. The number of aromatic nitrogens is 2. The number of hydrogen-bond acceptors (Lipinski definition) is 7. The molecule has 0 unspecified atom stereocenters. The molecule has 1 saturated heterocycles. The fourth-order valence-electron chi connectivity index (χ4n) is 4.56. The second-order valence-corrected chi connectivity index (χ2v) is 10.2. The summed E-state index contributed by atoms with van der Waals surface area (Å²) in [6.07, 6.45) is 0. The fourth-order valence-corrected chi connectivity index (χ4v) is 5.52. The van der Waals surface area contributed by atoms with Crippen LogP contribution in [0.2, 0.25) is 0 Å². The SMILES string of the molecule is Cc1cc(C)cc(-n2c(SCc3cccc([N+](=O)[O-])c3)nc3cc(C(=O)N4CCOCC4)ccc3c2=O)c1. The Morgan fingerprint density at radius 1 is 1.05 bits per heavy atom. The Morgan fingerprint density at radius 2 is 1.79 bits per heavy atom. The summed E-state index contributed by atoms with van der Waals surface area (Å²) in [6.45, 7) is 5.96. The molecule has 5 rings (SSSR count). The molecule has 0 atom stereocenters. The topological polar surface area (TPSA) is 108 Å². The van der Waals surface area contributed by atoms with Crippen LogP contribution in [0.1, 0.15) is 27.0 Å². The molecular formula is C28H26N4O5S. The van der Waals surface area contributed by atoms with Gasteiger partial charge in [0.1, 0.15) is 0 Å². The quantitative estimate of drug-likeness (QED) is 0.154. The van der Waals surface area contributed by atoms with Crippen molar-refractivity contribution in [1.82, 2.24) is 14.5 Å². The molecule has 2 heterocycles. The number of thioether (sulfide) groups is 1. The first-order chi connectivity index (χ1) is 18.3. The van der Waals surface area contributed by atoms with Gasteiger partial charge in [-0.25, -0.2) is 4.98 Å². The van der Waals surface area contributed by atoms with Crippen molar-refractivity contribution in [3.05, 3.63) is 103 Å². The Bertz CT molecular complexity index is 1590. The standard InChI is InChI=1S/C28H26N4O5S/c1-18-12-19(2)14-23(13-18)31-27(34)24-7-6-21(26(33)30-8-10-37-11-9-30)16-25(24)29-28(31)38-17-20-4-3-5-22(15-20)32(35)36/h3-7,12-16H,8-11,17H2,1-2H3. The van der Waals surface area contributed by atoms with E-state index in [2.05, 4.69) is 0 Å². The maximum Gasteiger partial charge on any atom is 0.269 e. The van der Waals surface area contributed by atoms with Crippen LogP contribution in [-0.2, 0) is 10.5 Å². The number of non-ortho nitro benzene ring substituents is 1. The number of carbonyl (C=O) groups is 1. The monoisotopic (exact) mass is 530 g/mol. The van der Waals surface area contributed by atoms with E-state index >= 15 is 0 Å². The molecule has 0 bridgehead atoms. The van der Waals surface area contributed by atoms with Crippen LogP contribution < -0.4 is 5.56 Å². The van der Waals surface area contributed by atoms with Gasteiger partial charge in [-0.05, 0) is 60.9 Å². The van der Waals surface area contributed by atoms with Crippen LogP contribution in [0, 0.1) is 24.0 Å². The predicted molar refractivity (Wildman–Crippen MR) is 146 cm³/mol. The second kappa shape index (κ2) is 10.8. The van der Waals surface area contributed by atoms with Crippen molar-refractivity contribution >= 4 is 34.3 Å². The summed E-state index contributed by atoms with van der Waals surface area (Å²) < 4.78 is 6.93. The Hall–Kier alpha value is -4.02. The molecule has 4 aromatic rings. The van der Waals surface area contributed by atoms with E-state index in [0.717, 1.165) is 16.7 Å². The minimum Gasteiger partial charge on any atom is -0.378 e. The highest BCUT2D eigenvalue weighted by Gasteiger charge is 2.21. The number of carbonyl (C=O) groups excluding carboxylic acids is 1. The Morgan fingerprint density at radius 3 is 2.50 bits per heavy atom. The zero-order valence-electron chi connectivity index (χ0n) is 21.0. The summed E-state index contributed by atoms with van der Waals surface area (Å²) in [5.41, 5.74) is 4.10. The third-order valence-corrected chi connectivity index (χ3v) is 7.35. The van der Waals surface area contributed by atoms with E-state index in [-0.39, 0.29) is 17.2 Å². The minimum atomic E-state index is -0.430. The van der Waals surface area contributed by atoms with E-state index in [9.17, 15) is 19.7 Å². The van der Waals surface area contributed by atoms with E-state index in [4.69, 9.17) is 9.72 Å². The average Bonchev–Trinajstić information content (AvgIpc) is 2.91. The van der Waals surface area contributed by atoms with Gasteiger partial charge in [-0.2, -0.15) is 0 Å². The molecular weight excluding hydrogens is 504 g/mol. The van der Waals surface area contributed by atoms with Gasteiger partial charge in [-0.15, -0.1) is 0 Å². The first-order valence-corrected chi connectivity index (χ1v) is 13.2. The highest BCUT2D eigenvalue weighted by molar-refractivity contribution is 7.98. The maximum absolute atomic E-state index is 13.8. The number of rotatable bonds is 6. The van der Waals surface area contributed by atoms with E-state index in [1.165, 1.54) is 23.9 Å². The lowest BCUT2D eigenvalue weighted by Crippen LogP contribution is -2.40. The van der Waals surface area contributed by atoms with Gasteiger partial charge in [0.2, 0.25) is 0 Å². The van der Waals surface area contributed by atoms with Crippen LogP contribution in [-0.4, -0.2) is 51.6 Å². The van der Waals surface area contributed by atoms with Gasteiger partial charge in [0.15, 0.2) is 5.16 Å². The Kier molecular flexibility index (Phi) is 7.26. The highest BCUT2D eigenvalue weighted by atomic mass is 32.2. The number of nitro groups is 1. The molecule has 9 nitrogen and oxygen atoms in total. The van der Waals surface area contributed by atoms with Crippen molar-refractivity contribution in [2.45, 2.75) is 24.8 Å². The summed E-state index contributed by atoms with van der Waals surface area (Å²) in [7, 11) is 0. The smallest absolute Gasteiger partial charge is 0.269 e. The van der Waals surface area contributed by atoms with Crippen molar-refractivity contribution in [1.29, 1.82) is 0 Å². The lowest BCUT2D eigenvalue weighted by atomic mass is 10.1. The van der Waals surface area contributed by atoms with E-state index < -0.39 is 4.92 Å². The van der Waals surface area contributed by atoms with Gasteiger partial charge < -0.3 is 9.64 Å². The summed E-state index contributed by atoms with van der Waals surface area (Å²) in [4.78, 5) is 44.3. The predicted octanol–water partition coefficient (Wildman–Crippen LogP) is 4.68. The summed E-state index contributed by atoms with van der Waals surface area (Å²) in [5.74, 6) is 0.248. The van der Waals surface area contributed by atoms with Crippen LogP contribution in [0.15, 0.2) is 70.6 Å². The van der Waals surface area contributed by atoms with Gasteiger partial charge >= 0.3 is 0 Å². The normalized spacial score (nSPS) is 13.6. The largest absolute Gasteiger partial charge is 0.378 e. The van der Waals surface area contributed by atoms with Gasteiger partial charge in [0.25, 0.3) is 17.2 Å². The first kappa shape index (κ1) is 25.6. The number of aryl methyl sites for hydroxylation is 2. The third-order valence-electron chi connectivity index (χ3n) is 6.34. The molecule has 1 aliphatic rings. The molecule has 1 amide bonds. The zero-order valence-corrected chi connectivity index (χ0v) is 21.9. The molecule has 38 heavy (non-hydrogen) atoms. The number of hydrogen-bond donors (Lipinski definition) is 0. The maximum atomic E-state index is 13.8. The van der Waals surface area contributed by atoms with Crippen molar-refractivity contribution in [2.24, 2.45) is 0 Å². The van der Waals surface area contributed by atoms with Crippen molar-refractivity contribution < 1.29 is 14.5 Å². The molecule has 0 radical (unpaired) electrons. The van der Waals surface area contributed by atoms with Gasteiger partial charge in [-0.1, -0.05) is 30.0 Å². The molecule has 3 aromatic carbocycles. The minimum absolute atomic E-state index is 0.00698. The molecule has 0 aliphatic carbocycles. The average molecular weight is 531 g/mol. The van der Waals surface area contributed by atoms with E-state index in [1.54, 1.807) is 39.8 Å². The van der Waals surface area contributed by atoms with Crippen LogP contribution in [0.3, 0.4) is 0 Å². The molecule has 0 N–H and O–H groups in total. The number of morpholine rings is 1. The van der Waals surface area contributed by atoms with Crippen molar-refractivity contribution in [3.63, 3.8) is 0 Å². The van der Waals surface area contributed by atoms with Crippen molar-refractivity contribution in [3.8, 4) is 5.69 Å². The van der Waals surface area contributed by atoms with E-state index in [1.807, 2.05) is 32.0 Å². The number of amides is 1. The summed E-state index contributed by atoms with van der Waals surface area (Å²) >= 11 is 1.32. The number of nitrogens with zero attached hydrogens (tertiary/aromatic N) is 4. The first-order valence-electron chi connectivity index (χ1n) is 12.2. The van der Waals surface area contributed by atoms with Crippen LogP contribution in [0.25, 0.3) is 16.6 Å². The third kappa shape index (κ3) is 5.32. The fraction of sp³-hybridized carbons (Fsp3) is 0.250. The molecule has 0 saturated carbocycles. The second-order valence-electron chi connectivity index (χ2n) is 9.23. The van der Waals surface area contributed by atoms with Gasteiger partial charge in [0, 0.05) is 36.5 Å². The number of ether oxygens (including phenoxy) is 1.